The molecule has 1 unspecified atom stereocenters. The summed E-state index contributed by atoms with van der Waals surface area (Å²) in [6.07, 6.45) is 1.68. The van der Waals surface area contributed by atoms with Crippen molar-refractivity contribution >= 4 is 41.9 Å². The number of hydrogen-bond acceptors (Lipinski definition) is 3. The number of nitrogens with zero attached hydrogens (tertiary/aromatic N) is 2. The van der Waals surface area contributed by atoms with Crippen molar-refractivity contribution in [1.29, 1.82) is 0 Å². The van der Waals surface area contributed by atoms with Crippen LogP contribution in [-0.2, 0) is 17.1 Å². The van der Waals surface area contributed by atoms with Crippen LogP contribution in [0.15, 0.2) is 38.2 Å². The molecule has 0 fully saturated rings. The van der Waals surface area contributed by atoms with Gasteiger partial charge >= 0.3 is 0 Å². The molecule has 0 radical (unpaired) electrons. The van der Waals surface area contributed by atoms with Gasteiger partial charge in [-0.25, -0.2) is 13.1 Å². The number of hydrogen-bond donors (Lipinski definition) is 1. The Labute approximate surface area is 141 Å². The standard InChI is InChI=1S/C13H15Br2N3O2S/c1-8(11-7-16-18(3)9(11)2)17-21(19,20)13-5-4-10(14)6-12(13)15/h4-8,17H,1-3H3. The zero-order valence-corrected chi connectivity index (χ0v) is 15.8. The summed E-state index contributed by atoms with van der Waals surface area (Å²) in [6, 6.07) is 4.59. The smallest absolute Gasteiger partial charge is 0.242 e. The molecule has 0 aliphatic rings. The van der Waals surface area contributed by atoms with Gasteiger partial charge in [0.15, 0.2) is 0 Å². The van der Waals surface area contributed by atoms with E-state index in [1.807, 2.05) is 14.0 Å². The van der Waals surface area contributed by atoms with Gasteiger partial charge in [-0.05, 0) is 48.0 Å². The van der Waals surface area contributed by atoms with E-state index in [0.29, 0.717) is 4.47 Å². The maximum absolute atomic E-state index is 12.5. The van der Waals surface area contributed by atoms with Gasteiger partial charge in [-0.15, -0.1) is 0 Å². The van der Waals surface area contributed by atoms with Gasteiger partial charge in [0.2, 0.25) is 10.0 Å². The topological polar surface area (TPSA) is 64.0 Å². The average Bonchev–Trinajstić information content (AvgIpc) is 2.68. The molecular weight excluding hydrogens is 422 g/mol. The van der Waals surface area contributed by atoms with Gasteiger partial charge < -0.3 is 0 Å². The lowest BCUT2D eigenvalue weighted by atomic mass is 10.1. The molecule has 1 aromatic heterocycles. The molecule has 0 amide bonds. The minimum atomic E-state index is -3.62. The van der Waals surface area contributed by atoms with Crippen LogP contribution in [-0.4, -0.2) is 18.2 Å². The second-order valence-electron chi connectivity index (χ2n) is 4.73. The van der Waals surface area contributed by atoms with E-state index in [-0.39, 0.29) is 10.9 Å². The molecule has 1 aromatic carbocycles. The summed E-state index contributed by atoms with van der Waals surface area (Å²) in [4.78, 5) is 0.207. The third-order valence-corrected chi connectivity index (χ3v) is 6.27. The summed E-state index contributed by atoms with van der Waals surface area (Å²) in [6.45, 7) is 3.71. The quantitative estimate of drug-likeness (QED) is 0.799. The normalized spacial score (nSPS) is 13.4. The van der Waals surface area contributed by atoms with Gasteiger partial charge in [-0.1, -0.05) is 15.9 Å². The molecule has 1 atom stereocenters. The number of nitrogens with one attached hydrogen (secondary N) is 1. The van der Waals surface area contributed by atoms with Crippen LogP contribution in [0.3, 0.4) is 0 Å². The molecule has 8 heteroatoms. The zero-order valence-electron chi connectivity index (χ0n) is 11.8. The highest BCUT2D eigenvalue weighted by molar-refractivity contribution is 9.11. The summed E-state index contributed by atoms with van der Waals surface area (Å²) in [5.41, 5.74) is 1.79. The fraction of sp³-hybridized carbons (Fsp3) is 0.308. The van der Waals surface area contributed by atoms with Crippen LogP contribution in [0.25, 0.3) is 0 Å². The van der Waals surface area contributed by atoms with Crippen LogP contribution >= 0.6 is 31.9 Å². The molecule has 0 aliphatic carbocycles. The Morgan fingerprint density at radius 2 is 2.00 bits per heavy atom. The van der Waals surface area contributed by atoms with E-state index in [0.717, 1.165) is 15.7 Å². The molecule has 0 bridgehead atoms. The maximum atomic E-state index is 12.5. The lowest BCUT2D eigenvalue weighted by molar-refractivity contribution is 0.565. The van der Waals surface area contributed by atoms with Crippen molar-refractivity contribution in [3.8, 4) is 0 Å². The molecule has 0 saturated heterocycles. The lowest BCUT2D eigenvalue weighted by Crippen LogP contribution is -2.27. The molecule has 0 spiro atoms. The fourth-order valence-corrected chi connectivity index (χ4v) is 4.96. The van der Waals surface area contributed by atoms with Crippen molar-refractivity contribution < 1.29 is 8.42 Å². The van der Waals surface area contributed by atoms with Gasteiger partial charge in [0.05, 0.1) is 11.1 Å². The van der Waals surface area contributed by atoms with Crippen molar-refractivity contribution in [3.63, 3.8) is 0 Å². The van der Waals surface area contributed by atoms with Crippen molar-refractivity contribution in [2.75, 3.05) is 0 Å². The van der Waals surface area contributed by atoms with E-state index in [4.69, 9.17) is 0 Å². The second-order valence-corrected chi connectivity index (χ2v) is 8.18. The van der Waals surface area contributed by atoms with E-state index < -0.39 is 10.0 Å². The summed E-state index contributed by atoms with van der Waals surface area (Å²) in [7, 11) is -1.79. The number of rotatable bonds is 4. The molecule has 2 rings (SSSR count). The second kappa shape index (κ2) is 6.20. The van der Waals surface area contributed by atoms with Crippen LogP contribution in [0, 0.1) is 6.92 Å². The minimum Gasteiger partial charge on any atom is -0.273 e. The SMILES string of the molecule is Cc1c(C(C)NS(=O)(=O)c2ccc(Br)cc2Br)cnn1C. The molecule has 2 aromatic rings. The molecule has 114 valence electrons. The van der Waals surface area contributed by atoms with E-state index in [2.05, 4.69) is 41.7 Å². The summed E-state index contributed by atoms with van der Waals surface area (Å²) >= 11 is 6.59. The Kier molecular flexibility index (Phi) is 4.92. The molecule has 21 heavy (non-hydrogen) atoms. The van der Waals surface area contributed by atoms with Crippen molar-refractivity contribution in [1.82, 2.24) is 14.5 Å². The van der Waals surface area contributed by atoms with Crippen LogP contribution in [0.1, 0.15) is 24.2 Å². The van der Waals surface area contributed by atoms with Gasteiger partial charge in [-0.3, -0.25) is 4.68 Å². The highest BCUT2D eigenvalue weighted by Gasteiger charge is 2.22. The zero-order chi connectivity index (χ0) is 15.8. The Morgan fingerprint density at radius 3 is 2.52 bits per heavy atom. The van der Waals surface area contributed by atoms with Gasteiger partial charge in [0.25, 0.3) is 0 Å². The molecule has 1 N–H and O–H groups in total. The number of aromatic nitrogens is 2. The van der Waals surface area contributed by atoms with E-state index in [9.17, 15) is 8.42 Å². The summed E-state index contributed by atoms with van der Waals surface area (Å²) < 4.78 is 30.7. The predicted octanol–water partition coefficient (Wildman–Crippen LogP) is 3.29. The van der Waals surface area contributed by atoms with Crippen LogP contribution in [0.4, 0.5) is 0 Å². The Balaban J connectivity index is 2.31. The fourth-order valence-electron chi connectivity index (χ4n) is 1.99. The maximum Gasteiger partial charge on any atom is 0.242 e. The molecule has 1 heterocycles. The van der Waals surface area contributed by atoms with Gasteiger partial charge in [0.1, 0.15) is 0 Å². The summed E-state index contributed by atoms with van der Waals surface area (Å²) in [5.74, 6) is 0. The van der Waals surface area contributed by atoms with Crippen LogP contribution in [0.5, 0.6) is 0 Å². The number of halogens is 2. The monoisotopic (exact) mass is 435 g/mol. The van der Waals surface area contributed by atoms with E-state index in [1.54, 1.807) is 36.0 Å². The first-order valence-electron chi connectivity index (χ1n) is 6.18. The van der Waals surface area contributed by atoms with Gasteiger partial charge in [0, 0.05) is 33.3 Å². The Bertz CT molecular complexity index is 772. The first-order valence-corrected chi connectivity index (χ1v) is 9.25. The molecular formula is C13H15Br2N3O2S. The molecule has 0 aliphatic heterocycles. The Hall–Kier alpha value is -0.700. The largest absolute Gasteiger partial charge is 0.273 e. The highest BCUT2D eigenvalue weighted by Crippen LogP contribution is 2.27. The predicted molar refractivity (Wildman–Crippen MR) is 88.5 cm³/mol. The summed E-state index contributed by atoms with van der Waals surface area (Å²) in [5, 5.41) is 4.14. The lowest BCUT2D eigenvalue weighted by Gasteiger charge is -2.15. The Morgan fingerprint density at radius 1 is 1.33 bits per heavy atom. The highest BCUT2D eigenvalue weighted by atomic mass is 79.9. The average molecular weight is 437 g/mol. The third kappa shape index (κ3) is 3.56. The number of aryl methyl sites for hydroxylation is 1. The first-order chi connectivity index (χ1) is 9.72. The van der Waals surface area contributed by atoms with Crippen molar-refractivity contribution in [2.24, 2.45) is 7.05 Å². The van der Waals surface area contributed by atoms with Crippen LogP contribution in [0.2, 0.25) is 0 Å². The minimum absolute atomic E-state index is 0.207. The third-order valence-electron chi connectivity index (χ3n) is 3.26. The van der Waals surface area contributed by atoms with Gasteiger partial charge in [-0.2, -0.15) is 5.10 Å². The number of sulfonamides is 1. The van der Waals surface area contributed by atoms with E-state index >= 15 is 0 Å². The molecule has 5 nitrogen and oxygen atoms in total. The van der Waals surface area contributed by atoms with Crippen molar-refractivity contribution in [2.45, 2.75) is 24.8 Å². The van der Waals surface area contributed by atoms with E-state index in [1.165, 1.54) is 0 Å². The van der Waals surface area contributed by atoms with Crippen LogP contribution < -0.4 is 4.72 Å². The first kappa shape index (κ1) is 16.7. The molecule has 0 saturated carbocycles. The number of benzene rings is 1. The van der Waals surface area contributed by atoms with Crippen molar-refractivity contribution in [3.05, 3.63) is 44.6 Å².